The maximum atomic E-state index is 12.1. The Hall–Kier alpha value is -2.36. The first-order valence-corrected chi connectivity index (χ1v) is 6.33. The second-order valence-electron chi connectivity index (χ2n) is 4.70. The second kappa shape index (κ2) is 4.72. The summed E-state index contributed by atoms with van der Waals surface area (Å²) in [6, 6.07) is 11.8. The summed E-state index contributed by atoms with van der Waals surface area (Å²) in [5.41, 5.74) is 8.91. The highest BCUT2D eigenvalue weighted by molar-refractivity contribution is 5.96. The third-order valence-corrected chi connectivity index (χ3v) is 3.38. The summed E-state index contributed by atoms with van der Waals surface area (Å²) in [6.07, 6.45) is 3.06. The Morgan fingerprint density at radius 3 is 2.89 bits per heavy atom. The van der Waals surface area contributed by atoms with Crippen molar-refractivity contribution >= 4 is 17.4 Å². The quantitative estimate of drug-likeness (QED) is 0.892. The van der Waals surface area contributed by atoms with Crippen molar-refractivity contribution in [2.75, 3.05) is 10.6 Å². The molecule has 0 atom stereocenters. The molecule has 1 aliphatic rings. The van der Waals surface area contributed by atoms with Crippen LogP contribution in [0.2, 0.25) is 0 Å². The number of fused-ring (bicyclic) bond motifs is 1. The number of nitrogen functional groups attached to an aromatic ring is 1. The van der Waals surface area contributed by atoms with Crippen LogP contribution < -0.4 is 10.6 Å². The van der Waals surface area contributed by atoms with E-state index in [-0.39, 0.29) is 5.91 Å². The number of aryl methyl sites for hydroxylation is 1. The minimum Gasteiger partial charge on any atom is -0.384 e. The number of carbonyl (C=O) groups excluding carboxylic acids is 1. The molecular formula is C15H15N3O. The molecule has 1 amide bonds. The van der Waals surface area contributed by atoms with E-state index in [4.69, 9.17) is 5.73 Å². The molecule has 1 aromatic heterocycles. The van der Waals surface area contributed by atoms with Crippen LogP contribution in [-0.2, 0) is 17.8 Å². The number of aromatic nitrogens is 1. The Morgan fingerprint density at radius 2 is 2.05 bits per heavy atom. The summed E-state index contributed by atoms with van der Waals surface area (Å²) in [7, 11) is 0. The van der Waals surface area contributed by atoms with E-state index in [9.17, 15) is 4.79 Å². The molecule has 1 aliphatic heterocycles. The van der Waals surface area contributed by atoms with Gasteiger partial charge in [0.25, 0.3) is 0 Å². The van der Waals surface area contributed by atoms with Crippen LogP contribution in [0.15, 0.2) is 42.6 Å². The lowest BCUT2D eigenvalue weighted by atomic mass is 10.0. The summed E-state index contributed by atoms with van der Waals surface area (Å²) in [4.78, 5) is 17.9. The predicted octanol–water partition coefficient (Wildman–Crippen LogP) is 2.14. The Balaban J connectivity index is 1.94. The lowest BCUT2D eigenvalue weighted by Crippen LogP contribution is -2.34. The Labute approximate surface area is 111 Å². The van der Waals surface area contributed by atoms with Crippen LogP contribution in [0.4, 0.5) is 11.5 Å². The number of carbonyl (C=O) groups is 1. The predicted molar refractivity (Wildman–Crippen MR) is 74.6 cm³/mol. The number of hydrogen-bond donors (Lipinski definition) is 1. The maximum absolute atomic E-state index is 12.1. The number of nitrogens with zero attached hydrogens (tertiary/aromatic N) is 2. The molecule has 0 saturated carbocycles. The number of rotatable bonds is 2. The van der Waals surface area contributed by atoms with Crippen molar-refractivity contribution in [3.63, 3.8) is 0 Å². The molecule has 0 aliphatic carbocycles. The van der Waals surface area contributed by atoms with E-state index in [2.05, 4.69) is 11.1 Å². The zero-order valence-electron chi connectivity index (χ0n) is 10.5. The van der Waals surface area contributed by atoms with Crippen LogP contribution in [0.5, 0.6) is 0 Å². The van der Waals surface area contributed by atoms with E-state index in [1.54, 1.807) is 6.20 Å². The fourth-order valence-corrected chi connectivity index (χ4v) is 2.45. The second-order valence-corrected chi connectivity index (χ2v) is 4.70. The molecule has 0 fully saturated rings. The van der Waals surface area contributed by atoms with Crippen molar-refractivity contribution in [1.29, 1.82) is 0 Å². The normalized spacial score (nSPS) is 14.3. The molecule has 2 N–H and O–H groups in total. The van der Waals surface area contributed by atoms with Crippen molar-refractivity contribution in [3.8, 4) is 0 Å². The number of nitrogens with two attached hydrogens (primary N) is 1. The van der Waals surface area contributed by atoms with Gasteiger partial charge in [-0.25, -0.2) is 4.98 Å². The molecule has 0 unspecified atom stereocenters. The molecule has 3 rings (SSSR count). The smallest absolute Gasteiger partial charge is 0.227 e. The summed E-state index contributed by atoms with van der Waals surface area (Å²) in [5, 5.41) is 0. The molecule has 2 aromatic rings. The first kappa shape index (κ1) is 11.7. The first-order chi connectivity index (χ1) is 9.24. The maximum Gasteiger partial charge on any atom is 0.227 e. The molecule has 2 heterocycles. The van der Waals surface area contributed by atoms with Gasteiger partial charge in [0.2, 0.25) is 5.91 Å². The highest BCUT2D eigenvalue weighted by Gasteiger charge is 2.23. The number of amides is 1. The fourth-order valence-electron chi connectivity index (χ4n) is 2.45. The molecule has 96 valence electrons. The van der Waals surface area contributed by atoms with Crippen molar-refractivity contribution in [2.24, 2.45) is 0 Å². The monoisotopic (exact) mass is 253 g/mol. The Bertz CT molecular complexity index is 624. The van der Waals surface area contributed by atoms with Crippen molar-refractivity contribution in [1.82, 2.24) is 4.98 Å². The molecule has 4 nitrogen and oxygen atoms in total. The van der Waals surface area contributed by atoms with Gasteiger partial charge in [-0.05, 0) is 35.7 Å². The zero-order chi connectivity index (χ0) is 13.2. The lowest BCUT2D eigenvalue weighted by Gasteiger charge is -2.29. The SMILES string of the molecule is Nc1cc(CN2C(=O)CCc3ccccc32)ccn1. The molecule has 0 bridgehead atoms. The average molecular weight is 253 g/mol. The van der Waals surface area contributed by atoms with E-state index < -0.39 is 0 Å². The van der Waals surface area contributed by atoms with Crippen molar-refractivity contribution in [2.45, 2.75) is 19.4 Å². The number of para-hydroxylation sites is 1. The Morgan fingerprint density at radius 1 is 1.21 bits per heavy atom. The number of hydrogen-bond acceptors (Lipinski definition) is 3. The van der Waals surface area contributed by atoms with E-state index in [1.165, 1.54) is 5.56 Å². The third kappa shape index (κ3) is 2.29. The molecule has 19 heavy (non-hydrogen) atoms. The molecule has 4 heteroatoms. The zero-order valence-corrected chi connectivity index (χ0v) is 10.5. The van der Waals surface area contributed by atoms with Crippen LogP contribution in [0.1, 0.15) is 17.5 Å². The Kier molecular flexibility index (Phi) is 2.91. The van der Waals surface area contributed by atoms with Gasteiger partial charge in [-0.3, -0.25) is 4.79 Å². The van der Waals surface area contributed by atoms with Gasteiger partial charge in [0.05, 0.1) is 6.54 Å². The van der Waals surface area contributed by atoms with E-state index in [0.29, 0.717) is 18.8 Å². The van der Waals surface area contributed by atoms with Gasteiger partial charge in [0.1, 0.15) is 5.82 Å². The van der Waals surface area contributed by atoms with Gasteiger partial charge in [0.15, 0.2) is 0 Å². The lowest BCUT2D eigenvalue weighted by molar-refractivity contribution is -0.119. The molecule has 1 aromatic carbocycles. The highest BCUT2D eigenvalue weighted by Crippen LogP contribution is 2.28. The minimum atomic E-state index is 0.161. The van der Waals surface area contributed by atoms with Crippen LogP contribution in [0.25, 0.3) is 0 Å². The molecule has 0 saturated heterocycles. The number of pyridine rings is 1. The van der Waals surface area contributed by atoms with Crippen molar-refractivity contribution < 1.29 is 4.79 Å². The van der Waals surface area contributed by atoms with Crippen molar-refractivity contribution in [3.05, 3.63) is 53.7 Å². The number of anilines is 2. The first-order valence-electron chi connectivity index (χ1n) is 6.33. The van der Waals surface area contributed by atoms with E-state index in [0.717, 1.165) is 17.7 Å². The van der Waals surface area contributed by atoms with Gasteiger partial charge in [-0.1, -0.05) is 18.2 Å². The van der Waals surface area contributed by atoms with Crippen LogP contribution in [0, 0.1) is 0 Å². The molecule has 0 radical (unpaired) electrons. The van der Waals surface area contributed by atoms with Gasteiger partial charge in [-0.15, -0.1) is 0 Å². The van der Waals surface area contributed by atoms with Gasteiger partial charge in [0, 0.05) is 18.3 Å². The van der Waals surface area contributed by atoms with E-state index >= 15 is 0 Å². The van der Waals surface area contributed by atoms with Gasteiger partial charge < -0.3 is 10.6 Å². The highest BCUT2D eigenvalue weighted by atomic mass is 16.2. The van der Waals surface area contributed by atoms with Gasteiger partial charge in [-0.2, -0.15) is 0 Å². The summed E-state index contributed by atoms with van der Waals surface area (Å²) < 4.78 is 0. The summed E-state index contributed by atoms with van der Waals surface area (Å²) in [6.45, 7) is 0.544. The fraction of sp³-hybridized carbons (Fsp3) is 0.200. The topological polar surface area (TPSA) is 59.2 Å². The molecular weight excluding hydrogens is 238 g/mol. The number of benzene rings is 1. The minimum absolute atomic E-state index is 0.161. The summed E-state index contributed by atoms with van der Waals surface area (Å²) >= 11 is 0. The van der Waals surface area contributed by atoms with E-state index in [1.807, 2.05) is 35.2 Å². The van der Waals surface area contributed by atoms with Gasteiger partial charge >= 0.3 is 0 Å². The van der Waals surface area contributed by atoms with Crippen LogP contribution >= 0.6 is 0 Å². The standard InChI is InChI=1S/C15H15N3O/c16-14-9-11(7-8-17-14)10-18-13-4-2-1-3-12(13)5-6-15(18)19/h1-4,7-9H,5-6,10H2,(H2,16,17). The van der Waals surface area contributed by atoms with Crippen LogP contribution in [-0.4, -0.2) is 10.9 Å². The van der Waals surface area contributed by atoms with Crippen LogP contribution in [0.3, 0.4) is 0 Å². The third-order valence-electron chi connectivity index (χ3n) is 3.38. The largest absolute Gasteiger partial charge is 0.384 e. The summed E-state index contributed by atoms with van der Waals surface area (Å²) in [5.74, 6) is 0.643. The average Bonchev–Trinajstić information content (AvgIpc) is 2.42. The molecule has 0 spiro atoms.